The zero-order valence-electron chi connectivity index (χ0n) is 14.5. The van der Waals surface area contributed by atoms with Crippen LogP contribution in [0.5, 0.6) is 5.75 Å². The van der Waals surface area contributed by atoms with Gasteiger partial charge in [-0.25, -0.2) is 9.48 Å². The Bertz CT molecular complexity index is 610. The Balaban J connectivity index is 3.14. The van der Waals surface area contributed by atoms with E-state index in [0.717, 1.165) is 6.07 Å². The lowest BCUT2D eigenvalue weighted by molar-refractivity contribution is -0.149. The second-order valence-corrected chi connectivity index (χ2v) is 9.58. The number of carbonyl (C=O) groups is 1. The quantitative estimate of drug-likeness (QED) is 0.620. The van der Waals surface area contributed by atoms with Crippen molar-refractivity contribution in [1.29, 1.82) is 0 Å². The molecule has 0 aliphatic heterocycles. The largest absolute Gasteiger partial charge is 0.465 e. The molecule has 23 heavy (non-hydrogen) atoms. The predicted octanol–water partition coefficient (Wildman–Crippen LogP) is 4.13. The SMILES string of the molecule is CCOC(=O)C(C)(C)N[P@@](=O)(Oc1cccc(F)c1)C(C)(C)C. The number of nitrogens with one attached hydrogen (secondary N) is 1. The van der Waals surface area contributed by atoms with Crippen LogP contribution < -0.4 is 9.61 Å². The molecule has 0 saturated heterocycles. The van der Waals surface area contributed by atoms with Crippen LogP contribution in [0.1, 0.15) is 41.5 Å². The summed E-state index contributed by atoms with van der Waals surface area (Å²) in [6.45, 7) is 10.2. The minimum atomic E-state index is -3.56. The number of halogens is 1. The first-order valence-electron chi connectivity index (χ1n) is 7.43. The minimum absolute atomic E-state index is 0.135. The molecule has 1 atom stereocenters. The molecule has 1 N–H and O–H groups in total. The molecule has 0 aromatic heterocycles. The zero-order chi connectivity index (χ0) is 17.9. The van der Waals surface area contributed by atoms with Crippen molar-refractivity contribution in [3.8, 4) is 5.75 Å². The summed E-state index contributed by atoms with van der Waals surface area (Å²) < 4.78 is 37.3. The molecule has 0 unspecified atom stereocenters. The molecule has 5 nitrogen and oxygen atoms in total. The van der Waals surface area contributed by atoms with Gasteiger partial charge in [-0.3, -0.25) is 9.36 Å². The maximum atomic E-state index is 13.4. The molecule has 130 valence electrons. The minimum Gasteiger partial charge on any atom is -0.465 e. The standard InChI is InChI=1S/C16H25FNO4P/c1-7-21-14(19)16(5,6)18-23(20,15(2,3)4)22-13-10-8-9-12(17)11-13/h8-11H,7H2,1-6H3,(H,18,20)/t23-/m0/s1. The molecule has 1 aromatic rings. The van der Waals surface area contributed by atoms with E-state index in [1.807, 2.05) is 0 Å². The molecule has 0 bridgehead atoms. The van der Waals surface area contributed by atoms with Crippen LogP contribution in [0.15, 0.2) is 24.3 Å². The van der Waals surface area contributed by atoms with Crippen LogP contribution in [-0.4, -0.2) is 23.3 Å². The van der Waals surface area contributed by atoms with Crippen LogP contribution in [0.3, 0.4) is 0 Å². The van der Waals surface area contributed by atoms with Crippen LogP contribution in [0.4, 0.5) is 4.39 Å². The van der Waals surface area contributed by atoms with Crippen molar-refractivity contribution in [1.82, 2.24) is 5.09 Å². The molecule has 0 fully saturated rings. The Morgan fingerprint density at radius 1 is 1.26 bits per heavy atom. The fraction of sp³-hybridized carbons (Fsp3) is 0.562. The fourth-order valence-corrected chi connectivity index (χ4v) is 3.62. The molecule has 0 aliphatic carbocycles. The summed E-state index contributed by atoms with van der Waals surface area (Å²) in [5.74, 6) is -0.893. The van der Waals surface area contributed by atoms with Gasteiger partial charge in [0.15, 0.2) is 0 Å². The number of benzene rings is 1. The first-order valence-corrected chi connectivity index (χ1v) is 9.06. The number of rotatable bonds is 6. The van der Waals surface area contributed by atoms with Crippen molar-refractivity contribution in [2.45, 2.75) is 52.2 Å². The summed E-state index contributed by atoms with van der Waals surface area (Å²) in [7, 11) is -3.56. The molecule has 1 aromatic carbocycles. The van der Waals surface area contributed by atoms with Gasteiger partial charge in [-0.1, -0.05) is 6.07 Å². The average molecular weight is 345 g/mol. The van der Waals surface area contributed by atoms with Crippen molar-refractivity contribution >= 4 is 13.5 Å². The third kappa shape index (κ3) is 5.05. The Hall–Kier alpha value is -1.39. The van der Waals surface area contributed by atoms with Crippen molar-refractivity contribution in [3.05, 3.63) is 30.1 Å². The van der Waals surface area contributed by atoms with E-state index >= 15 is 0 Å². The third-order valence-corrected chi connectivity index (χ3v) is 6.21. The molecule has 7 heteroatoms. The average Bonchev–Trinajstić information content (AvgIpc) is 2.36. The van der Waals surface area contributed by atoms with E-state index in [1.54, 1.807) is 41.5 Å². The summed E-state index contributed by atoms with van der Waals surface area (Å²) in [6.07, 6.45) is 0. The van der Waals surface area contributed by atoms with Gasteiger partial charge < -0.3 is 9.26 Å². The van der Waals surface area contributed by atoms with Gasteiger partial charge in [-0.15, -0.1) is 0 Å². The zero-order valence-corrected chi connectivity index (χ0v) is 15.4. The highest BCUT2D eigenvalue weighted by atomic mass is 31.2. The molecule has 0 saturated carbocycles. The summed E-state index contributed by atoms with van der Waals surface area (Å²) in [4.78, 5) is 12.1. The van der Waals surface area contributed by atoms with Gasteiger partial charge in [0, 0.05) is 6.07 Å². The number of hydrogen-bond acceptors (Lipinski definition) is 4. The second-order valence-electron chi connectivity index (χ2n) is 6.73. The lowest BCUT2D eigenvalue weighted by Crippen LogP contribution is -2.49. The van der Waals surface area contributed by atoms with E-state index in [0.29, 0.717) is 0 Å². The molecule has 0 spiro atoms. The van der Waals surface area contributed by atoms with Crippen LogP contribution >= 0.6 is 7.52 Å². The van der Waals surface area contributed by atoms with Gasteiger partial charge in [0.05, 0.1) is 11.8 Å². The Labute approximate surface area is 137 Å². The highest BCUT2D eigenvalue weighted by Crippen LogP contribution is 2.56. The van der Waals surface area contributed by atoms with Gasteiger partial charge in [0.25, 0.3) is 0 Å². The maximum Gasteiger partial charge on any atom is 0.326 e. The Kier molecular flexibility index (Phi) is 6.00. The van der Waals surface area contributed by atoms with Crippen LogP contribution in [-0.2, 0) is 14.1 Å². The van der Waals surface area contributed by atoms with E-state index in [9.17, 15) is 13.8 Å². The van der Waals surface area contributed by atoms with Crippen LogP contribution in [0, 0.1) is 5.82 Å². The third-order valence-electron chi connectivity index (χ3n) is 3.13. The summed E-state index contributed by atoms with van der Waals surface area (Å²) >= 11 is 0. The second kappa shape index (κ2) is 7.02. The van der Waals surface area contributed by atoms with Gasteiger partial charge in [0.1, 0.15) is 17.1 Å². The number of esters is 1. The highest BCUT2D eigenvalue weighted by molar-refractivity contribution is 7.59. The number of carbonyl (C=O) groups excluding carboxylic acids is 1. The molecule has 0 amide bonds. The Morgan fingerprint density at radius 2 is 1.87 bits per heavy atom. The van der Waals surface area contributed by atoms with Gasteiger partial charge in [0.2, 0.25) is 0 Å². The van der Waals surface area contributed by atoms with Gasteiger partial charge in [-0.05, 0) is 53.7 Å². The molecular weight excluding hydrogens is 320 g/mol. The van der Waals surface area contributed by atoms with Crippen molar-refractivity contribution in [2.75, 3.05) is 6.61 Å². The van der Waals surface area contributed by atoms with Crippen molar-refractivity contribution in [2.24, 2.45) is 0 Å². The van der Waals surface area contributed by atoms with Crippen LogP contribution in [0.25, 0.3) is 0 Å². The summed E-state index contributed by atoms with van der Waals surface area (Å²) in [5.41, 5.74) is -1.22. The smallest absolute Gasteiger partial charge is 0.326 e. The monoisotopic (exact) mass is 345 g/mol. The molecule has 0 aliphatic rings. The van der Waals surface area contributed by atoms with E-state index < -0.39 is 30.0 Å². The maximum absolute atomic E-state index is 13.4. The van der Waals surface area contributed by atoms with E-state index in [4.69, 9.17) is 9.26 Å². The van der Waals surface area contributed by atoms with Gasteiger partial charge in [-0.2, -0.15) is 0 Å². The normalized spacial score (nSPS) is 14.9. The fourth-order valence-electron chi connectivity index (χ4n) is 1.72. The molecule has 0 radical (unpaired) electrons. The van der Waals surface area contributed by atoms with E-state index in [2.05, 4.69) is 5.09 Å². The highest BCUT2D eigenvalue weighted by Gasteiger charge is 2.46. The molecular formula is C16H25FNO4P. The summed E-state index contributed by atoms with van der Waals surface area (Å²) in [6, 6.07) is 5.40. The molecule has 1 rings (SSSR count). The lowest BCUT2D eigenvalue weighted by atomic mass is 10.1. The number of hydrogen-bond donors (Lipinski definition) is 1. The summed E-state index contributed by atoms with van der Waals surface area (Å²) in [5, 5.41) is 1.98. The van der Waals surface area contributed by atoms with Crippen molar-refractivity contribution in [3.63, 3.8) is 0 Å². The Morgan fingerprint density at radius 3 is 2.35 bits per heavy atom. The van der Waals surface area contributed by atoms with Gasteiger partial charge >= 0.3 is 13.5 Å². The van der Waals surface area contributed by atoms with Crippen molar-refractivity contribution < 1.29 is 23.0 Å². The van der Waals surface area contributed by atoms with E-state index in [-0.39, 0.29) is 12.4 Å². The topological polar surface area (TPSA) is 64.6 Å². The first-order chi connectivity index (χ1) is 10.4. The molecule has 0 heterocycles. The number of ether oxygens (including phenoxy) is 1. The van der Waals surface area contributed by atoms with E-state index in [1.165, 1.54) is 18.2 Å². The predicted molar refractivity (Wildman–Crippen MR) is 88.2 cm³/mol. The first kappa shape index (κ1) is 19.7. The lowest BCUT2D eigenvalue weighted by Gasteiger charge is -2.36. The van der Waals surface area contributed by atoms with Crippen LogP contribution in [0.2, 0.25) is 0 Å².